The molecule has 112 valence electrons. The van der Waals surface area contributed by atoms with Crippen LogP contribution in [0.2, 0.25) is 0 Å². The number of carboxylic acid groups (broad SMARTS) is 1. The number of hydrogen-bond donors (Lipinski definition) is 1. The van der Waals surface area contributed by atoms with Crippen LogP contribution in [-0.2, 0) is 4.79 Å². The van der Waals surface area contributed by atoms with E-state index in [4.69, 9.17) is 0 Å². The van der Waals surface area contributed by atoms with Gasteiger partial charge in [-0.15, -0.1) is 0 Å². The van der Waals surface area contributed by atoms with Gasteiger partial charge in [0.1, 0.15) is 0 Å². The number of aliphatic carboxylic acids is 1. The Kier molecular flexibility index (Phi) is 3.94. The highest BCUT2D eigenvalue weighted by molar-refractivity contribution is 5.96. The van der Waals surface area contributed by atoms with E-state index < -0.39 is 5.97 Å². The molecule has 0 amide bonds. The number of fused-ring (bicyclic) bond motifs is 1. The molecule has 2 aliphatic rings. The van der Waals surface area contributed by atoms with Crippen LogP contribution >= 0.6 is 0 Å². The zero-order valence-electron chi connectivity index (χ0n) is 12.3. The summed E-state index contributed by atoms with van der Waals surface area (Å²) in [4.78, 5) is 13.8. The van der Waals surface area contributed by atoms with Crippen molar-refractivity contribution < 1.29 is 9.90 Å². The van der Waals surface area contributed by atoms with E-state index in [1.807, 2.05) is 18.2 Å². The van der Waals surface area contributed by atoms with Crippen LogP contribution in [0.1, 0.15) is 12.5 Å². The summed E-state index contributed by atoms with van der Waals surface area (Å²) in [5.41, 5.74) is 2.54. The van der Waals surface area contributed by atoms with E-state index in [-0.39, 0.29) is 0 Å². The van der Waals surface area contributed by atoms with Gasteiger partial charge >= 0.3 is 5.97 Å². The van der Waals surface area contributed by atoms with Crippen LogP contribution in [0.4, 0.5) is 5.69 Å². The van der Waals surface area contributed by atoms with Crippen molar-refractivity contribution in [1.29, 1.82) is 0 Å². The lowest BCUT2D eigenvalue weighted by atomic mass is 10.0. The summed E-state index contributed by atoms with van der Waals surface area (Å²) >= 11 is 0. The first-order valence-corrected chi connectivity index (χ1v) is 7.46. The minimum Gasteiger partial charge on any atom is -0.478 e. The smallest absolute Gasteiger partial charge is 0.333 e. The molecule has 0 atom stereocenters. The molecule has 1 fully saturated rings. The van der Waals surface area contributed by atoms with E-state index in [1.54, 1.807) is 6.08 Å². The maximum Gasteiger partial charge on any atom is 0.333 e. The van der Waals surface area contributed by atoms with Crippen LogP contribution in [0.25, 0.3) is 6.08 Å². The number of rotatable bonds is 3. The molecule has 0 aromatic heterocycles. The van der Waals surface area contributed by atoms with Crippen LogP contribution in [0.15, 0.2) is 29.8 Å². The molecule has 1 saturated heterocycles. The predicted molar refractivity (Wildman–Crippen MR) is 83.1 cm³/mol. The second kappa shape index (κ2) is 5.87. The van der Waals surface area contributed by atoms with Gasteiger partial charge in [0.15, 0.2) is 0 Å². The molecular formula is C16H21N3O2. The van der Waals surface area contributed by atoms with Gasteiger partial charge in [-0.25, -0.2) is 9.80 Å². The molecule has 21 heavy (non-hydrogen) atoms. The fourth-order valence-corrected chi connectivity index (χ4v) is 3.00. The summed E-state index contributed by atoms with van der Waals surface area (Å²) in [5, 5.41) is 13.7. The summed E-state index contributed by atoms with van der Waals surface area (Å²) in [6.07, 6.45) is 1.79. The van der Waals surface area contributed by atoms with Gasteiger partial charge in [0.2, 0.25) is 0 Å². The third-order valence-corrected chi connectivity index (χ3v) is 4.28. The summed E-state index contributed by atoms with van der Waals surface area (Å²) < 4.78 is 0. The number of anilines is 1. The molecule has 5 nitrogen and oxygen atoms in total. The first-order chi connectivity index (χ1) is 10.2. The number of likely N-dealkylation sites (N-methyl/N-ethyl adjacent to an activating group) is 1. The van der Waals surface area contributed by atoms with Crippen LogP contribution in [0.3, 0.4) is 0 Å². The summed E-state index contributed by atoms with van der Waals surface area (Å²) in [6.45, 7) is 7.63. The first-order valence-electron chi connectivity index (χ1n) is 7.46. The number of piperazine rings is 1. The Labute approximate surface area is 125 Å². The van der Waals surface area contributed by atoms with Gasteiger partial charge in [-0.05, 0) is 24.3 Å². The Balaban J connectivity index is 1.86. The van der Waals surface area contributed by atoms with Crippen LogP contribution in [0.5, 0.6) is 0 Å². The fourth-order valence-electron chi connectivity index (χ4n) is 3.00. The van der Waals surface area contributed by atoms with Crippen LogP contribution in [0, 0.1) is 0 Å². The molecule has 0 radical (unpaired) electrons. The molecule has 1 aromatic carbocycles. The van der Waals surface area contributed by atoms with E-state index >= 15 is 0 Å². The Morgan fingerprint density at radius 2 is 1.90 bits per heavy atom. The Morgan fingerprint density at radius 1 is 1.19 bits per heavy atom. The van der Waals surface area contributed by atoms with Crippen molar-refractivity contribution in [3.05, 3.63) is 35.4 Å². The van der Waals surface area contributed by atoms with Crippen LogP contribution < -0.4 is 5.01 Å². The molecule has 0 saturated carbocycles. The Morgan fingerprint density at radius 3 is 2.57 bits per heavy atom. The van der Waals surface area contributed by atoms with Gasteiger partial charge in [-0.1, -0.05) is 25.1 Å². The molecule has 5 heteroatoms. The monoisotopic (exact) mass is 287 g/mol. The first kappa shape index (κ1) is 14.1. The zero-order chi connectivity index (χ0) is 14.8. The maximum atomic E-state index is 11.4. The maximum absolute atomic E-state index is 11.4. The zero-order valence-corrected chi connectivity index (χ0v) is 12.3. The third-order valence-electron chi connectivity index (χ3n) is 4.28. The lowest BCUT2D eigenvalue weighted by molar-refractivity contribution is -0.132. The second-order valence-corrected chi connectivity index (χ2v) is 5.48. The van der Waals surface area contributed by atoms with Crippen molar-refractivity contribution in [1.82, 2.24) is 9.91 Å². The molecule has 2 heterocycles. The van der Waals surface area contributed by atoms with Crippen molar-refractivity contribution in [3.63, 3.8) is 0 Å². The number of benzene rings is 1. The predicted octanol–water partition coefficient (Wildman–Crippen LogP) is 1.53. The van der Waals surface area contributed by atoms with Gasteiger partial charge in [0, 0.05) is 26.2 Å². The van der Waals surface area contributed by atoms with E-state index in [1.165, 1.54) is 0 Å². The number of carbonyl (C=O) groups is 1. The van der Waals surface area contributed by atoms with Crippen molar-refractivity contribution in [3.8, 4) is 0 Å². The lowest BCUT2D eigenvalue weighted by Gasteiger charge is -2.43. The van der Waals surface area contributed by atoms with E-state index in [9.17, 15) is 9.90 Å². The molecule has 1 N–H and O–H groups in total. The third kappa shape index (κ3) is 2.80. The van der Waals surface area contributed by atoms with Gasteiger partial charge < -0.3 is 15.0 Å². The Bertz CT molecular complexity index is 562. The number of para-hydroxylation sites is 1. The molecule has 2 aliphatic heterocycles. The molecular weight excluding hydrogens is 266 g/mol. The number of nitrogens with zero attached hydrogens (tertiary/aromatic N) is 3. The summed E-state index contributed by atoms with van der Waals surface area (Å²) in [7, 11) is 0. The Hall–Kier alpha value is -1.85. The average Bonchev–Trinajstić information content (AvgIpc) is 2.54. The fraction of sp³-hybridized carbons (Fsp3) is 0.438. The van der Waals surface area contributed by atoms with Gasteiger partial charge in [-0.3, -0.25) is 0 Å². The van der Waals surface area contributed by atoms with E-state index in [0.717, 1.165) is 44.0 Å². The molecule has 1 aromatic rings. The second-order valence-electron chi connectivity index (χ2n) is 5.48. The van der Waals surface area contributed by atoms with Gasteiger partial charge in [-0.2, -0.15) is 0 Å². The van der Waals surface area contributed by atoms with E-state index in [2.05, 4.69) is 27.9 Å². The largest absolute Gasteiger partial charge is 0.478 e. The minimum atomic E-state index is -0.832. The highest BCUT2D eigenvalue weighted by Crippen LogP contribution is 2.30. The topological polar surface area (TPSA) is 47.0 Å². The minimum absolute atomic E-state index is 0.443. The van der Waals surface area contributed by atoms with Crippen molar-refractivity contribution >= 4 is 17.7 Å². The number of hydrazine groups is 1. The quantitative estimate of drug-likeness (QED) is 0.913. The molecule has 0 unspecified atom stereocenters. The SMILES string of the molecule is CCN1CCN(N2CC(C(=O)O)=Cc3ccccc32)CC1. The molecule has 3 rings (SSSR count). The van der Waals surface area contributed by atoms with Crippen molar-refractivity contribution in [2.45, 2.75) is 6.92 Å². The average molecular weight is 287 g/mol. The van der Waals surface area contributed by atoms with Crippen molar-refractivity contribution in [2.24, 2.45) is 0 Å². The van der Waals surface area contributed by atoms with E-state index in [0.29, 0.717) is 12.1 Å². The molecule has 0 spiro atoms. The number of carboxylic acids is 1. The van der Waals surface area contributed by atoms with Crippen LogP contribution in [-0.4, -0.2) is 60.3 Å². The molecule has 0 bridgehead atoms. The highest BCUT2D eigenvalue weighted by atomic mass is 16.4. The summed E-state index contributed by atoms with van der Waals surface area (Å²) in [6, 6.07) is 8.00. The molecule has 0 aliphatic carbocycles. The highest BCUT2D eigenvalue weighted by Gasteiger charge is 2.28. The standard InChI is InChI=1S/C16H21N3O2/c1-2-17-7-9-18(10-8-17)19-12-14(16(20)21)11-13-5-3-4-6-15(13)19/h3-6,11H,2,7-10,12H2,1H3,(H,20,21). The summed E-state index contributed by atoms with van der Waals surface area (Å²) in [5.74, 6) is -0.832. The van der Waals surface area contributed by atoms with Gasteiger partial charge in [0.05, 0.1) is 17.8 Å². The number of hydrogen-bond acceptors (Lipinski definition) is 4. The normalized spacial score (nSPS) is 20.0. The lowest BCUT2D eigenvalue weighted by Crippen LogP contribution is -2.55. The van der Waals surface area contributed by atoms with Gasteiger partial charge in [0.25, 0.3) is 0 Å². The van der Waals surface area contributed by atoms with Crippen molar-refractivity contribution in [2.75, 3.05) is 44.3 Å².